The van der Waals surface area contributed by atoms with Crippen molar-refractivity contribution in [2.75, 3.05) is 19.8 Å². The number of nitrogens with one attached hydrogen (secondary N) is 1. The van der Waals surface area contributed by atoms with Crippen LogP contribution < -0.4 is 5.32 Å². The molecule has 0 radical (unpaired) electrons. The minimum atomic E-state index is -4.21. The first-order valence-corrected chi connectivity index (χ1v) is 6.87. The van der Waals surface area contributed by atoms with Gasteiger partial charge in [0.2, 0.25) is 0 Å². The average molecular weight is 267 g/mol. The molecule has 1 aliphatic rings. The Kier molecular flexibility index (Phi) is 7.00. The van der Waals surface area contributed by atoms with Gasteiger partial charge in [0, 0.05) is 12.6 Å². The lowest BCUT2D eigenvalue weighted by atomic mass is 9.84. The van der Waals surface area contributed by atoms with Gasteiger partial charge in [-0.25, -0.2) is 0 Å². The zero-order valence-electron chi connectivity index (χ0n) is 11.1. The fourth-order valence-corrected chi connectivity index (χ4v) is 2.49. The minimum Gasteiger partial charge on any atom is -0.372 e. The molecule has 0 aromatic heterocycles. The number of rotatable bonds is 7. The molecule has 0 spiro atoms. The molecule has 18 heavy (non-hydrogen) atoms. The van der Waals surface area contributed by atoms with Crippen molar-refractivity contribution in [3.8, 4) is 0 Å². The molecular weight excluding hydrogens is 243 g/mol. The molecule has 0 saturated heterocycles. The van der Waals surface area contributed by atoms with E-state index < -0.39 is 12.8 Å². The summed E-state index contributed by atoms with van der Waals surface area (Å²) in [6.45, 7) is 1.94. The van der Waals surface area contributed by atoms with Gasteiger partial charge in [0.25, 0.3) is 0 Å². The Morgan fingerprint density at radius 1 is 1.22 bits per heavy atom. The number of alkyl halides is 3. The lowest BCUT2D eigenvalue weighted by Crippen LogP contribution is -2.35. The molecule has 0 heterocycles. The molecule has 0 amide bonds. The molecule has 1 rings (SSSR count). The molecule has 1 fully saturated rings. The van der Waals surface area contributed by atoms with Crippen LogP contribution in [0.2, 0.25) is 0 Å². The van der Waals surface area contributed by atoms with Crippen molar-refractivity contribution in [2.45, 2.75) is 57.7 Å². The SMILES string of the molecule is CC(NCCCOCC(F)(F)F)C1CCCCC1. The molecule has 1 N–H and O–H groups in total. The van der Waals surface area contributed by atoms with Crippen LogP contribution in [-0.4, -0.2) is 32.0 Å². The molecular formula is C13H24F3NO. The Bertz CT molecular complexity index is 215. The van der Waals surface area contributed by atoms with E-state index in [4.69, 9.17) is 0 Å². The smallest absolute Gasteiger partial charge is 0.372 e. The molecule has 2 nitrogen and oxygen atoms in total. The van der Waals surface area contributed by atoms with E-state index in [1.165, 1.54) is 32.1 Å². The molecule has 1 saturated carbocycles. The summed E-state index contributed by atoms with van der Waals surface area (Å²) < 4.78 is 39.9. The van der Waals surface area contributed by atoms with E-state index in [9.17, 15) is 13.2 Å². The number of hydrogen-bond acceptors (Lipinski definition) is 2. The van der Waals surface area contributed by atoms with Gasteiger partial charge < -0.3 is 10.1 Å². The Labute approximate surface area is 107 Å². The quantitative estimate of drug-likeness (QED) is 0.713. The van der Waals surface area contributed by atoms with E-state index in [0.29, 0.717) is 12.5 Å². The van der Waals surface area contributed by atoms with Crippen LogP contribution >= 0.6 is 0 Å². The van der Waals surface area contributed by atoms with Crippen molar-refractivity contribution in [1.29, 1.82) is 0 Å². The van der Waals surface area contributed by atoms with Crippen molar-refractivity contribution in [3.05, 3.63) is 0 Å². The maximum atomic E-state index is 11.8. The maximum absolute atomic E-state index is 11.8. The van der Waals surface area contributed by atoms with Crippen molar-refractivity contribution in [3.63, 3.8) is 0 Å². The fraction of sp³-hybridized carbons (Fsp3) is 1.00. The van der Waals surface area contributed by atoms with Gasteiger partial charge in [-0.05, 0) is 38.6 Å². The van der Waals surface area contributed by atoms with Crippen molar-refractivity contribution in [1.82, 2.24) is 5.32 Å². The van der Waals surface area contributed by atoms with Gasteiger partial charge in [-0.15, -0.1) is 0 Å². The predicted molar refractivity (Wildman–Crippen MR) is 65.5 cm³/mol. The number of ether oxygens (including phenoxy) is 1. The van der Waals surface area contributed by atoms with Crippen LogP contribution in [0.4, 0.5) is 13.2 Å². The second-order valence-electron chi connectivity index (χ2n) is 5.16. The van der Waals surface area contributed by atoms with Crippen LogP contribution in [0.3, 0.4) is 0 Å². The summed E-state index contributed by atoms with van der Waals surface area (Å²) in [6, 6.07) is 0.466. The van der Waals surface area contributed by atoms with Crippen LogP contribution in [0, 0.1) is 5.92 Å². The summed E-state index contributed by atoms with van der Waals surface area (Å²) in [5, 5.41) is 3.39. The van der Waals surface area contributed by atoms with Crippen molar-refractivity contribution >= 4 is 0 Å². The van der Waals surface area contributed by atoms with Gasteiger partial charge in [0.1, 0.15) is 6.61 Å². The summed E-state index contributed by atoms with van der Waals surface area (Å²) in [5.74, 6) is 0.731. The Hall–Kier alpha value is -0.290. The third-order valence-electron chi connectivity index (χ3n) is 3.55. The highest BCUT2D eigenvalue weighted by Gasteiger charge is 2.27. The van der Waals surface area contributed by atoms with E-state index in [1.807, 2.05) is 0 Å². The first kappa shape index (κ1) is 15.8. The average Bonchev–Trinajstić information content (AvgIpc) is 2.33. The van der Waals surface area contributed by atoms with Crippen molar-refractivity contribution < 1.29 is 17.9 Å². The highest BCUT2D eigenvalue weighted by molar-refractivity contribution is 4.75. The second kappa shape index (κ2) is 8.00. The van der Waals surface area contributed by atoms with Gasteiger partial charge in [0.15, 0.2) is 0 Å². The van der Waals surface area contributed by atoms with E-state index >= 15 is 0 Å². The molecule has 0 aromatic rings. The summed E-state index contributed by atoms with van der Waals surface area (Å²) in [7, 11) is 0. The summed E-state index contributed by atoms with van der Waals surface area (Å²) in [5.41, 5.74) is 0. The second-order valence-corrected chi connectivity index (χ2v) is 5.16. The zero-order chi connectivity index (χ0) is 13.4. The normalized spacial score (nSPS) is 20.0. The van der Waals surface area contributed by atoms with E-state index in [2.05, 4.69) is 17.0 Å². The van der Waals surface area contributed by atoms with Crippen molar-refractivity contribution in [2.24, 2.45) is 5.92 Å². The van der Waals surface area contributed by atoms with Gasteiger partial charge >= 0.3 is 6.18 Å². The summed E-state index contributed by atoms with van der Waals surface area (Å²) in [4.78, 5) is 0. The van der Waals surface area contributed by atoms with E-state index in [1.54, 1.807) is 0 Å². The third-order valence-corrected chi connectivity index (χ3v) is 3.55. The Morgan fingerprint density at radius 2 is 1.89 bits per heavy atom. The zero-order valence-corrected chi connectivity index (χ0v) is 11.1. The minimum absolute atomic E-state index is 0.171. The van der Waals surface area contributed by atoms with Gasteiger partial charge in [-0.2, -0.15) is 13.2 Å². The van der Waals surface area contributed by atoms with Gasteiger partial charge in [-0.3, -0.25) is 0 Å². The maximum Gasteiger partial charge on any atom is 0.411 e. The Morgan fingerprint density at radius 3 is 2.50 bits per heavy atom. The predicted octanol–water partition coefficient (Wildman–Crippen LogP) is 3.51. The first-order valence-electron chi connectivity index (χ1n) is 6.87. The summed E-state index contributed by atoms with van der Waals surface area (Å²) in [6.07, 6.45) is 2.94. The van der Waals surface area contributed by atoms with Crippen LogP contribution in [0.1, 0.15) is 45.4 Å². The molecule has 1 aliphatic carbocycles. The number of halogens is 3. The summed E-state index contributed by atoms with van der Waals surface area (Å²) >= 11 is 0. The molecule has 108 valence electrons. The van der Waals surface area contributed by atoms with E-state index in [0.717, 1.165) is 12.5 Å². The standard InChI is InChI=1S/C13H24F3NO/c1-11(12-6-3-2-4-7-12)17-8-5-9-18-10-13(14,15)16/h11-12,17H,2-10H2,1H3. The largest absolute Gasteiger partial charge is 0.411 e. The van der Waals surface area contributed by atoms with Gasteiger partial charge in [0.05, 0.1) is 0 Å². The van der Waals surface area contributed by atoms with Crippen LogP contribution in [0.25, 0.3) is 0 Å². The molecule has 0 aromatic carbocycles. The van der Waals surface area contributed by atoms with Crippen LogP contribution in [-0.2, 0) is 4.74 Å². The van der Waals surface area contributed by atoms with Gasteiger partial charge in [-0.1, -0.05) is 19.3 Å². The number of hydrogen-bond donors (Lipinski definition) is 1. The molecule has 0 aliphatic heterocycles. The topological polar surface area (TPSA) is 21.3 Å². The molecule has 1 unspecified atom stereocenters. The molecule has 5 heteroatoms. The first-order chi connectivity index (χ1) is 8.49. The highest BCUT2D eigenvalue weighted by Crippen LogP contribution is 2.26. The van der Waals surface area contributed by atoms with Crippen LogP contribution in [0.5, 0.6) is 0 Å². The van der Waals surface area contributed by atoms with Crippen LogP contribution in [0.15, 0.2) is 0 Å². The Balaban J connectivity index is 1.96. The highest BCUT2D eigenvalue weighted by atomic mass is 19.4. The molecule has 1 atom stereocenters. The fourth-order valence-electron chi connectivity index (χ4n) is 2.49. The third kappa shape index (κ3) is 7.21. The van der Waals surface area contributed by atoms with E-state index in [-0.39, 0.29) is 6.61 Å². The monoisotopic (exact) mass is 267 g/mol. The lowest BCUT2D eigenvalue weighted by Gasteiger charge is -2.28. The molecule has 0 bridgehead atoms. The lowest BCUT2D eigenvalue weighted by molar-refractivity contribution is -0.173.